The molecule has 4 N–H and O–H groups in total. The van der Waals surface area contributed by atoms with Gasteiger partial charge in [-0.1, -0.05) is 0 Å². The molecule has 0 spiro atoms. The normalized spacial score (nSPS) is 37.6. The maximum atomic E-state index is 11.0. The molecule has 0 aliphatic carbocycles. The van der Waals surface area contributed by atoms with Crippen LogP contribution in [0, 0.1) is 0 Å². The minimum atomic E-state index is -1.73. The topological polar surface area (TPSA) is 116 Å². The van der Waals surface area contributed by atoms with Crippen LogP contribution in [0.25, 0.3) is 0 Å². The second-order valence-corrected chi connectivity index (χ2v) is 2.94. The molecule has 14 heavy (non-hydrogen) atoms. The monoisotopic (exact) mass is 205 g/mol. The number of hydrogen-bond donors (Lipinski definition) is 4. The molecule has 0 saturated carbocycles. The van der Waals surface area contributed by atoms with Crippen LogP contribution in [0.15, 0.2) is 0 Å². The van der Waals surface area contributed by atoms with Crippen LogP contribution in [0.5, 0.6) is 0 Å². The minimum absolute atomic E-state index is 0.878. The van der Waals surface area contributed by atoms with E-state index in [1.165, 1.54) is 0 Å². The molecule has 4 unspecified atom stereocenters. The Morgan fingerprint density at radius 2 is 1.93 bits per heavy atom. The van der Waals surface area contributed by atoms with Crippen LogP contribution in [0.2, 0.25) is 0 Å². The molecule has 7 heteroatoms. The van der Waals surface area contributed by atoms with E-state index in [0.717, 1.165) is 7.11 Å². The Bertz CT molecular complexity index is 253. The molecular weight excluding hydrogens is 194 g/mol. The Hall–Kier alpha value is -1.18. The fraction of sp³-hybridized carbons (Fsp3) is 0.714. The second kappa shape index (κ2) is 3.91. The number of hydrogen-bond acceptors (Lipinski definition) is 6. The Labute approximate surface area is 79.3 Å². The van der Waals surface area contributed by atoms with Crippen LogP contribution in [0.4, 0.5) is 0 Å². The van der Waals surface area contributed by atoms with Gasteiger partial charge in [0.2, 0.25) is 0 Å². The van der Waals surface area contributed by atoms with Gasteiger partial charge in [0.15, 0.2) is 12.1 Å². The smallest absolute Gasteiger partial charge is 0.331 e. The Morgan fingerprint density at radius 1 is 1.36 bits per heavy atom. The largest absolute Gasteiger partial charge is 0.467 e. The summed E-state index contributed by atoms with van der Waals surface area (Å²) < 4.78 is 4.29. The lowest BCUT2D eigenvalue weighted by Crippen LogP contribution is -2.65. The fourth-order valence-corrected chi connectivity index (χ4v) is 1.19. The number of piperidine rings is 1. The summed E-state index contributed by atoms with van der Waals surface area (Å²) in [5.74, 6) is -1.80. The number of methoxy groups -OCH3 is 1. The molecule has 1 rings (SSSR count). The highest BCUT2D eigenvalue weighted by atomic mass is 16.5. The number of amides is 1. The van der Waals surface area contributed by atoms with Gasteiger partial charge in [-0.3, -0.25) is 4.79 Å². The molecule has 1 aliphatic heterocycles. The zero-order chi connectivity index (χ0) is 10.9. The highest BCUT2D eigenvalue weighted by Gasteiger charge is 2.45. The minimum Gasteiger partial charge on any atom is -0.467 e. The summed E-state index contributed by atoms with van der Waals surface area (Å²) in [7, 11) is 1.08. The van der Waals surface area contributed by atoms with Crippen LogP contribution in [-0.2, 0) is 14.3 Å². The van der Waals surface area contributed by atoms with Crippen LogP contribution in [0.3, 0.4) is 0 Å². The zero-order valence-electron chi connectivity index (χ0n) is 7.38. The van der Waals surface area contributed by atoms with Gasteiger partial charge in [0, 0.05) is 0 Å². The molecule has 1 amide bonds. The lowest BCUT2D eigenvalue weighted by atomic mass is 9.95. The SMILES string of the molecule is COC(=O)C1NC(=O)C(O)C(O)C1O. The van der Waals surface area contributed by atoms with E-state index < -0.39 is 36.2 Å². The zero-order valence-corrected chi connectivity index (χ0v) is 7.38. The summed E-state index contributed by atoms with van der Waals surface area (Å²) in [4.78, 5) is 21.9. The maximum absolute atomic E-state index is 11.0. The number of ether oxygens (including phenoxy) is 1. The lowest BCUT2D eigenvalue weighted by molar-refractivity contribution is -0.167. The first kappa shape index (κ1) is 10.9. The van der Waals surface area contributed by atoms with E-state index in [1.54, 1.807) is 0 Å². The average Bonchev–Trinajstić information content (AvgIpc) is 2.19. The van der Waals surface area contributed by atoms with Crippen molar-refractivity contribution >= 4 is 11.9 Å². The lowest BCUT2D eigenvalue weighted by Gasteiger charge is -2.33. The van der Waals surface area contributed by atoms with Gasteiger partial charge in [-0.15, -0.1) is 0 Å². The van der Waals surface area contributed by atoms with E-state index in [4.69, 9.17) is 10.2 Å². The van der Waals surface area contributed by atoms with Gasteiger partial charge in [-0.2, -0.15) is 0 Å². The number of esters is 1. The van der Waals surface area contributed by atoms with Gasteiger partial charge in [0.25, 0.3) is 5.91 Å². The molecule has 0 bridgehead atoms. The van der Waals surface area contributed by atoms with E-state index in [9.17, 15) is 14.7 Å². The molecule has 80 valence electrons. The average molecular weight is 205 g/mol. The first-order valence-corrected chi connectivity index (χ1v) is 3.91. The van der Waals surface area contributed by atoms with Gasteiger partial charge in [-0.05, 0) is 0 Å². The number of aliphatic hydroxyl groups is 3. The van der Waals surface area contributed by atoms with E-state index >= 15 is 0 Å². The Morgan fingerprint density at radius 3 is 2.43 bits per heavy atom. The standard InChI is InChI=1S/C7H11NO6/c1-14-7(13)2-3(9)4(10)5(11)6(12)8-2/h2-5,9-11H,1H3,(H,8,12). The van der Waals surface area contributed by atoms with Gasteiger partial charge in [0.05, 0.1) is 7.11 Å². The molecule has 0 aromatic rings. The molecule has 1 fully saturated rings. The van der Waals surface area contributed by atoms with Gasteiger partial charge in [-0.25, -0.2) is 4.79 Å². The van der Waals surface area contributed by atoms with Crippen molar-refractivity contribution in [1.29, 1.82) is 0 Å². The van der Waals surface area contributed by atoms with Crippen molar-refractivity contribution < 1.29 is 29.6 Å². The molecule has 0 aromatic carbocycles. The summed E-state index contributed by atoms with van der Waals surface area (Å²) in [6.07, 6.45) is -4.99. The van der Waals surface area contributed by atoms with Crippen LogP contribution in [0.1, 0.15) is 0 Å². The highest BCUT2D eigenvalue weighted by molar-refractivity contribution is 5.89. The van der Waals surface area contributed by atoms with E-state index in [1.807, 2.05) is 5.32 Å². The van der Waals surface area contributed by atoms with E-state index in [-0.39, 0.29) is 0 Å². The Balaban J connectivity index is 2.80. The number of aliphatic hydroxyl groups excluding tert-OH is 3. The molecule has 0 radical (unpaired) electrons. The summed E-state index contributed by atoms with van der Waals surface area (Å²) in [6, 6.07) is -1.34. The van der Waals surface area contributed by atoms with E-state index in [0.29, 0.717) is 0 Å². The molecule has 7 nitrogen and oxygen atoms in total. The fourth-order valence-electron chi connectivity index (χ4n) is 1.19. The second-order valence-electron chi connectivity index (χ2n) is 2.94. The van der Waals surface area contributed by atoms with Crippen molar-refractivity contribution in [2.45, 2.75) is 24.4 Å². The summed E-state index contributed by atoms with van der Waals surface area (Å²) in [5.41, 5.74) is 0. The van der Waals surface area contributed by atoms with Crippen LogP contribution in [-0.4, -0.2) is 58.7 Å². The number of carbonyl (C=O) groups excluding carboxylic acids is 2. The predicted molar refractivity (Wildman–Crippen MR) is 42.0 cm³/mol. The summed E-state index contributed by atoms with van der Waals surface area (Å²) >= 11 is 0. The van der Waals surface area contributed by atoms with Crippen molar-refractivity contribution in [3.63, 3.8) is 0 Å². The molecule has 4 atom stereocenters. The number of carbonyl (C=O) groups is 2. The number of rotatable bonds is 1. The van der Waals surface area contributed by atoms with Crippen molar-refractivity contribution in [2.24, 2.45) is 0 Å². The summed E-state index contributed by atoms with van der Waals surface area (Å²) in [5, 5.41) is 29.5. The van der Waals surface area contributed by atoms with Crippen molar-refractivity contribution in [3.8, 4) is 0 Å². The first-order valence-electron chi connectivity index (χ1n) is 3.91. The number of nitrogens with one attached hydrogen (secondary N) is 1. The molecule has 1 saturated heterocycles. The van der Waals surface area contributed by atoms with Gasteiger partial charge >= 0.3 is 5.97 Å². The first-order chi connectivity index (χ1) is 6.49. The molecule has 1 heterocycles. The van der Waals surface area contributed by atoms with Crippen molar-refractivity contribution in [2.75, 3.05) is 7.11 Å². The third kappa shape index (κ3) is 1.69. The molecule has 0 aromatic heterocycles. The quantitative estimate of drug-likeness (QED) is 0.334. The van der Waals surface area contributed by atoms with Crippen LogP contribution >= 0.6 is 0 Å². The maximum Gasteiger partial charge on any atom is 0.331 e. The Kier molecular flexibility index (Phi) is 3.04. The van der Waals surface area contributed by atoms with Crippen molar-refractivity contribution in [1.82, 2.24) is 5.32 Å². The molecular formula is C7H11NO6. The van der Waals surface area contributed by atoms with Gasteiger partial charge < -0.3 is 25.4 Å². The van der Waals surface area contributed by atoms with Crippen molar-refractivity contribution in [3.05, 3.63) is 0 Å². The third-order valence-electron chi connectivity index (χ3n) is 2.04. The third-order valence-corrected chi connectivity index (χ3v) is 2.04. The van der Waals surface area contributed by atoms with Crippen LogP contribution < -0.4 is 5.32 Å². The molecule has 1 aliphatic rings. The van der Waals surface area contributed by atoms with E-state index in [2.05, 4.69) is 4.74 Å². The predicted octanol–water partition coefficient (Wildman–Crippen LogP) is -3.26. The van der Waals surface area contributed by atoms with Gasteiger partial charge in [0.1, 0.15) is 12.2 Å². The highest BCUT2D eigenvalue weighted by Crippen LogP contribution is 2.12. The summed E-state index contributed by atoms with van der Waals surface area (Å²) in [6.45, 7) is 0.